The van der Waals surface area contributed by atoms with Gasteiger partial charge in [0, 0.05) is 19.2 Å². The lowest BCUT2D eigenvalue weighted by molar-refractivity contribution is 0.107. The molecule has 1 radical (unpaired) electrons. The zero-order valence-corrected chi connectivity index (χ0v) is 5.50. The zero-order chi connectivity index (χ0) is 7.28. The van der Waals surface area contributed by atoms with E-state index in [1.165, 1.54) is 7.11 Å². The summed E-state index contributed by atoms with van der Waals surface area (Å²) < 4.78 is 4.70. The molecule has 0 aliphatic carbocycles. The van der Waals surface area contributed by atoms with Gasteiger partial charge in [-0.25, -0.2) is 0 Å². The summed E-state index contributed by atoms with van der Waals surface area (Å²) in [5.41, 5.74) is 0. The van der Waals surface area contributed by atoms with Gasteiger partial charge < -0.3 is 15.3 Å². The molecular weight excluding hydrogens is 118 g/mol. The lowest BCUT2D eigenvalue weighted by Crippen LogP contribution is -2.22. The maximum Gasteiger partial charge on any atom is 0.0934 e. The predicted molar refractivity (Wildman–Crippen MR) is 35.5 cm³/mol. The summed E-state index contributed by atoms with van der Waals surface area (Å²) in [6.45, 7) is 3.96. The summed E-state index contributed by atoms with van der Waals surface area (Å²) >= 11 is 0. The fourth-order valence-corrected chi connectivity index (χ4v) is 0.449. The molecule has 1 unspecified atom stereocenters. The van der Waals surface area contributed by atoms with Crippen molar-refractivity contribution in [3.05, 3.63) is 6.92 Å². The number of aliphatic hydroxyl groups is 1. The van der Waals surface area contributed by atoms with E-state index in [0.29, 0.717) is 6.61 Å². The van der Waals surface area contributed by atoms with E-state index in [0.717, 1.165) is 6.21 Å². The molecule has 0 heterocycles. The van der Waals surface area contributed by atoms with Crippen molar-refractivity contribution in [2.45, 2.75) is 6.10 Å². The van der Waals surface area contributed by atoms with Gasteiger partial charge in [-0.15, -0.1) is 0 Å². The average Bonchev–Trinajstić information content (AvgIpc) is 1.87. The SMILES string of the molecule is [CH2][C@@H](COC)C(O)C=N. The van der Waals surface area contributed by atoms with Crippen molar-refractivity contribution < 1.29 is 9.84 Å². The summed E-state index contributed by atoms with van der Waals surface area (Å²) in [7, 11) is 1.54. The van der Waals surface area contributed by atoms with E-state index < -0.39 is 6.10 Å². The molecule has 9 heavy (non-hydrogen) atoms. The third kappa shape index (κ3) is 3.21. The van der Waals surface area contributed by atoms with Gasteiger partial charge in [0.1, 0.15) is 0 Å². The topological polar surface area (TPSA) is 53.3 Å². The van der Waals surface area contributed by atoms with E-state index in [2.05, 4.69) is 6.92 Å². The minimum atomic E-state index is -0.773. The minimum Gasteiger partial charge on any atom is -0.387 e. The third-order valence-electron chi connectivity index (χ3n) is 1.03. The van der Waals surface area contributed by atoms with Crippen LogP contribution in [0.1, 0.15) is 0 Å². The Balaban J connectivity index is 3.44. The highest BCUT2D eigenvalue weighted by Crippen LogP contribution is 1.98. The number of hydrogen-bond acceptors (Lipinski definition) is 3. The molecule has 2 atom stereocenters. The van der Waals surface area contributed by atoms with Crippen LogP contribution in [-0.4, -0.2) is 31.1 Å². The van der Waals surface area contributed by atoms with Gasteiger partial charge >= 0.3 is 0 Å². The number of hydrogen-bond donors (Lipinski definition) is 2. The fourth-order valence-electron chi connectivity index (χ4n) is 0.449. The molecule has 0 aliphatic rings. The van der Waals surface area contributed by atoms with Crippen LogP contribution < -0.4 is 0 Å². The highest BCUT2D eigenvalue weighted by atomic mass is 16.5. The van der Waals surface area contributed by atoms with Crippen molar-refractivity contribution in [2.24, 2.45) is 5.92 Å². The van der Waals surface area contributed by atoms with Gasteiger partial charge in [0.25, 0.3) is 0 Å². The van der Waals surface area contributed by atoms with Crippen LogP contribution in [0, 0.1) is 18.3 Å². The lowest BCUT2D eigenvalue weighted by Gasteiger charge is -2.11. The Morgan fingerprint density at radius 3 is 2.78 bits per heavy atom. The van der Waals surface area contributed by atoms with Gasteiger partial charge in [0.05, 0.1) is 12.7 Å². The monoisotopic (exact) mass is 130 g/mol. The summed E-state index contributed by atoms with van der Waals surface area (Å²) in [4.78, 5) is 0. The molecule has 3 nitrogen and oxygen atoms in total. The molecule has 0 amide bonds. The molecule has 0 bridgehead atoms. The van der Waals surface area contributed by atoms with Gasteiger partial charge in [0.2, 0.25) is 0 Å². The van der Waals surface area contributed by atoms with Crippen LogP contribution in [0.4, 0.5) is 0 Å². The van der Waals surface area contributed by atoms with E-state index in [4.69, 9.17) is 15.3 Å². The predicted octanol–water partition coefficient (Wildman–Crippen LogP) is 0.0936. The molecule has 0 saturated heterocycles. The molecule has 0 saturated carbocycles. The first-order chi connectivity index (χ1) is 4.22. The number of aliphatic hydroxyl groups excluding tert-OH is 1. The Morgan fingerprint density at radius 2 is 2.44 bits per heavy atom. The smallest absolute Gasteiger partial charge is 0.0934 e. The Morgan fingerprint density at radius 1 is 1.89 bits per heavy atom. The van der Waals surface area contributed by atoms with Crippen LogP contribution in [-0.2, 0) is 4.74 Å². The van der Waals surface area contributed by atoms with Crippen molar-refractivity contribution in [1.82, 2.24) is 0 Å². The zero-order valence-electron chi connectivity index (χ0n) is 5.50. The van der Waals surface area contributed by atoms with Crippen LogP contribution in [0.2, 0.25) is 0 Å². The van der Waals surface area contributed by atoms with Crippen LogP contribution >= 0.6 is 0 Å². The number of nitrogens with one attached hydrogen (secondary N) is 1. The summed E-state index contributed by atoms with van der Waals surface area (Å²) in [6.07, 6.45) is 0.182. The van der Waals surface area contributed by atoms with Crippen molar-refractivity contribution in [2.75, 3.05) is 13.7 Å². The fraction of sp³-hybridized carbons (Fsp3) is 0.667. The molecule has 0 aromatic heterocycles. The Hall–Kier alpha value is -0.410. The second-order valence-corrected chi connectivity index (χ2v) is 1.87. The Kier molecular flexibility index (Phi) is 4.26. The maximum atomic E-state index is 8.87. The molecule has 0 rings (SSSR count). The summed E-state index contributed by atoms with van der Waals surface area (Å²) in [5.74, 6) is -0.229. The van der Waals surface area contributed by atoms with Crippen LogP contribution in [0.15, 0.2) is 0 Å². The molecular formula is C6H12NO2. The van der Waals surface area contributed by atoms with E-state index >= 15 is 0 Å². The Labute approximate surface area is 55.2 Å². The number of ether oxygens (including phenoxy) is 1. The molecule has 53 valence electrons. The standard InChI is InChI=1S/C6H12NO2/c1-5(4-9-2)6(8)3-7/h3,5-8H,1,4H2,2H3/t5-,6?/m0/s1. The molecule has 0 aromatic rings. The van der Waals surface area contributed by atoms with E-state index in [1.807, 2.05) is 0 Å². The second-order valence-electron chi connectivity index (χ2n) is 1.87. The number of rotatable bonds is 4. The maximum absolute atomic E-state index is 8.87. The minimum absolute atomic E-state index is 0.229. The normalized spacial score (nSPS) is 16.8. The van der Waals surface area contributed by atoms with Gasteiger partial charge in [-0.3, -0.25) is 0 Å². The summed E-state index contributed by atoms with van der Waals surface area (Å²) in [5, 5.41) is 15.5. The van der Waals surface area contributed by atoms with Crippen LogP contribution in [0.3, 0.4) is 0 Å². The third-order valence-corrected chi connectivity index (χ3v) is 1.03. The number of methoxy groups -OCH3 is 1. The first-order valence-corrected chi connectivity index (χ1v) is 2.73. The van der Waals surface area contributed by atoms with Gasteiger partial charge in [-0.1, -0.05) is 0 Å². The first-order valence-electron chi connectivity index (χ1n) is 2.73. The first kappa shape index (κ1) is 8.59. The van der Waals surface area contributed by atoms with Crippen LogP contribution in [0.5, 0.6) is 0 Å². The Bertz CT molecular complexity index is 85.1. The molecule has 2 N–H and O–H groups in total. The molecule has 0 aromatic carbocycles. The van der Waals surface area contributed by atoms with E-state index in [9.17, 15) is 0 Å². The summed E-state index contributed by atoms with van der Waals surface area (Å²) in [6, 6.07) is 0. The van der Waals surface area contributed by atoms with Crippen molar-refractivity contribution >= 4 is 6.21 Å². The van der Waals surface area contributed by atoms with Gasteiger partial charge in [0.15, 0.2) is 0 Å². The molecule has 0 spiro atoms. The second kappa shape index (κ2) is 4.47. The van der Waals surface area contributed by atoms with Gasteiger partial charge in [-0.05, 0) is 6.92 Å². The molecule has 0 aliphatic heterocycles. The van der Waals surface area contributed by atoms with E-state index in [1.54, 1.807) is 0 Å². The van der Waals surface area contributed by atoms with E-state index in [-0.39, 0.29) is 5.92 Å². The van der Waals surface area contributed by atoms with Gasteiger partial charge in [-0.2, -0.15) is 0 Å². The van der Waals surface area contributed by atoms with Crippen molar-refractivity contribution in [3.8, 4) is 0 Å². The highest BCUT2D eigenvalue weighted by Gasteiger charge is 2.09. The molecule has 0 fully saturated rings. The average molecular weight is 130 g/mol. The van der Waals surface area contributed by atoms with Crippen molar-refractivity contribution in [1.29, 1.82) is 5.41 Å². The van der Waals surface area contributed by atoms with Crippen molar-refractivity contribution in [3.63, 3.8) is 0 Å². The molecule has 3 heteroatoms. The lowest BCUT2D eigenvalue weighted by atomic mass is 10.1. The largest absolute Gasteiger partial charge is 0.387 e. The quantitative estimate of drug-likeness (QED) is 0.530. The highest BCUT2D eigenvalue weighted by molar-refractivity contribution is 5.59. The van der Waals surface area contributed by atoms with Crippen LogP contribution in [0.25, 0.3) is 0 Å².